The average molecular weight is 313 g/mol. The van der Waals surface area contributed by atoms with E-state index < -0.39 is 0 Å². The van der Waals surface area contributed by atoms with Crippen LogP contribution in [-0.2, 0) is 6.42 Å². The number of nitrogens with zero attached hydrogens (tertiary/aromatic N) is 3. The average Bonchev–Trinajstić information content (AvgIpc) is 2.79. The molecule has 0 aliphatic carbocycles. The lowest BCUT2D eigenvalue weighted by atomic mass is 10.4. The van der Waals surface area contributed by atoms with E-state index in [1.54, 1.807) is 17.5 Å². The fraction of sp³-hybridized carbons (Fsp3) is 0.364. The molecule has 0 amide bonds. The molecule has 0 radical (unpaired) electrons. The van der Waals surface area contributed by atoms with Gasteiger partial charge in [0.2, 0.25) is 0 Å². The molecule has 2 aromatic rings. The van der Waals surface area contributed by atoms with Gasteiger partial charge in [-0.3, -0.25) is 4.98 Å². The Labute approximate surface area is 113 Å². The first-order valence-electron chi connectivity index (χ1n) is 5.44. The molecule has 0 saturated heterocycles. The van der Waals surface area contributed by atoms with Crippen LogP contribution >= 0.6 is 27.3 Å². The molecule has 0 aromatic carbocycles. The van der Waals surface area contributed by atoms with Gasteiger partial charge in [0.1, 0.15) is 10.7 Å². The van der Waals surface area contributed by atoms with Crippen LogP contribution in [0.3, 0.4) is 0 Å². The quantitative estimate of drug-likeness (QED) is 0.862. The van der Waals surface area contributed by atoms with Crippen LogP contribution in [0, 0.1) is 0 Å². The Morgan fingerprint density at radius 2 is 2.24 bits per heavy atom. The monoisotopic (exact) mass is 312 g/mol. The van der Waals surface area contributed by atoms with Crippen LogP contribution in [0.1, 0.15) is 11.9 Å². The summed E-state index contributed by atoms with van der Waals surface area (Å²) in [6.45, 7) is 4.02. The predicted molar refractivity (Wildman–Crippen MR) is 73.1 cm³/mol. The summed E-state index contributed by atoms with van der Waals surface area (Å²) in [4.78, 5) is 4.30. The summed E-state index contributed by atoms with van der Waals surface area (Å²) in [5, 5.41) is 13.5. The summed E-state index contributed by atoms with van der Waals surface area (Å²) in [5.74, 6) is 0. The molecule has 6 heteroatoms. The van der Waals surface area contributed by atoms with Crippen LogP contribution in [0.15, 0.2) is 22.8 Å². The summed E-state index contributed by atoms with van der Waals surface area (Å²) >= 11 is 4.96. The highest BCUT2D eigenvalue weighted by Crippen LogP contribution is 2.22. The SMILES string of the molecule is CCNCCc1nnc(-c2ccc(Br)cn2)s1. The summed E-state index contributed by atoms with van der Waals surface area (Å²) in [6.07, 6.45) is 2.69. The molecule has 0 bridgehead atoms. The Hall–Kier alpha value is -0.850. The standard InChI is InChI=1S/C11H13BrN4S/c1-2-13-6-5-10-15-16-11(17-10)9-4-3-8(12)7-14-9/h3-4,7,13H,2,5-6H2,1H3. The van der Waals surface area contributed by atoms with E-state index in [0.717, 1.165) is 39.7 Å². The van der Waals surface area contributed by atoms with Crippen molar-refractivity contribution in [2.75, 3.05) is 13.1 Å². The Balaban J connectivity index is 2.04. The lowest BCUT2D eigenvalue weighted by Gasteiger charge is -1.96. The molecule has 4 nitrogen and oxygen atoms in total. The number of nitrogens with one attached hydrogen (secondary N) is 1. The van der Waals surface area contributed by atoms with Crippen LogP contribution in [0.4, 0.5) is 0 Å². The maximum Gasteiger partial charge on any atom is 0.166 e. The van der Waals surface area contributed by atoms with Crippen LogP contribution in [0.2, 0.25) is 0 Å². The molecule has 0 saturated carbocycles. The highest BCUT2D eigenvalue weighted by Gasteiger charge is 2.07. The highest BCUT2D eigenvalue weighted by atomic mass is 79.9. The van der Waals surface area contributed by atoms with E-state index in [0.29, 0.717) is 0 Å². The van der Waals surface area contributed by atoms with E-state index >= 15 is 0 Å². The second-order valence-electron chi connectivity index (χ2n) is 3.47. The third-order valence-electron chi connectivity index (χ3n) is 2.18. The molecule has 0 fully saturated rings. The van der Waals surface area contributed by atoms with Gasteiger partial charge in [0, 0.05) is 23.6 Å². The highest BCUT2D eigenvalue weighted by molar-refractivity contribution is 9.10. The van der Waals surface area contributed by atoms with E-state index in [1.807, 2.05) is 12.1 Å². The van der Waals surface area contributed by atoms with Gasteiger partial charge in [-0.15, -0.1) is 10.2 Å². The molecule has 17 heavy (non-hydrogen) atoms. The van der Waals surface area contributed by atoms with Crippen molar-refractivity contribution in [2.45, 2.75) is 13.3 Å². The number of rotatable bonds is 5. The van der Waals surface area contributed by atoms with Gasteiger partial charge < -0.3 is 5.32 Å². The van der Waals surface area contributed by atoms with Gasteiger partial charge in [-0.2, -0.15) is 0 Å². The number of hydrogen-bond acceptors (Lipinski definition) is 5. The summed E-state index contributed by atoms with van der Waals surface area (Å²) < 4.78 is 0.970. The van der Waals surface area contributed by atoms with E-state index in [4.69, 9.17) is 0 Å². The van der Waals surface area contributed by atoms with Crippen LogP contribution in [0.5, 0.6) is 0 Å². The summed E-state index contributed by atoms with van der Waals surface area (Å²) in [7, 11) is 0. The smallest absolute Gasteiger partial charge is 0.166 e. The van der Waals surface area contributed by atoms with Crippen molar-refractivity contribution in [1.82, 2.24) is 20.5 Å². The molecule has 0 atom stereocenters. The number of pyridine rings is 1. The lowest BCUT2D eigenvalue weighted by Crippen LogP contribution is -2.15. The van der Waals surface area contributed by atoms with Gasteiger partial charge in [-0.05, 0) is 34.6 Å². The number of hydrogen-bond donors (Lipinski definition) is 1. The Bertz CT molecular complexity index is 469. The van der Waals surface area contributed by atoms with E-state index in [-0.39, 0.29) is 0 Å². The fourth-order valence-electron chi connectivity index (χ4n) is 1.33. The van der Waals surface area contributed by atoms with Crippen molar-refractivity contribution in [3.05, 3.63) is 27.8 Å². The van der Waals surface area contributed by atoms with Crippen LogP contribution in [-0.4, -0.2) is 28.3 Å². The maximum absolute atomic E-state index is 4.30. The molecule has 0 aliphatic rings. The molecular formula is C11H13BrN4S. The van der Waals surface area contributed by atoms with Crippen molar-refractivity contribution in [1.29, 1.82) is 0 Å². The van der Waals surface area contributed by atoms with Gasteiger partial charge in [0.25, 0.3) is 0 Å². The third kappa shape index (κ3) is 3.55. The van der Waals surface area contributed by atoms with Crippen LogP contribution in [0.25, 0.3) is 10.7 Å². The number of likely N-dealkylation sites (N-methyl/N-ethyl adjacent to an activating group) is 1. The van der Waals surface area contributed by atoms with E-state index in [1.165, 1.54) is 0 Å². The molecule has 2 aromatic heterocycles. The van der Waals surface area contributed by atoms with Crippen molar-refractivity contribution in [2.24, 2.45) is 0 Å². The molecular weight excluding hydrogens is 300 g/mol. The second kappa shape index (κ2) is 6.18. The third-order valence-corrected chi connectivity index (χ3v) is 3.65. The van der Waals surface area contributed by atoms with Crippen LogP contribution < -0.4 is 5.32 Å². The molecule has 1 N–H and O–H groups in total. The van der Waals surface area contributed by atoms with Crippen molar-refractivity contribution >= 4 is 27.3 Å². The predicted octanol–water partition coefficient (Wildman–Crippen LogP) is 2.51. The maximum atomic E-state index is 4.30. The number of halogens is 1. The normalized spacial score (nSPS) is 10.7. The first kappa shape index (κ1) is 12.6. The molecule has 0 spiro atoms. The van der Waals surface area contributed by atoms with Crippen molar-refractivity contribution in [3.63, 3.8) is 0 Å². The van der Waals surface area contributed by atoms with Gasteiger partial charge in [-0.25, -0.2) is 0 Å². The zero-order chi connectivity index (χ0) is 12.1. The first-order chi connectivity index (χ1) is 8.29. The number of aromatic nitrogens is 3. The van der Waals surface area contributed by atoms with E-state index in [9.17, 15) is 0 Å². The topological polar surface area (TPSA) is 50.7 Å². The van der Waals surface area contributed by atoms with Gasteiger partial charge >= 0.3 is 0 Å². The zero-order valence-electron chi connectivity index (χ0n) is 9.48. The first-order valence-corrected chi connectivity index (χ1v) is 7.05. The largest absolute Gasteiger partial charge is 0.317 e. The summed E-state index contributed by atoms with van der Waals surface area (Å²) in [6, 6.07) is 3.90. The minimum Gasteiger partial charge on any atom is -0.317 e. The molecule has 0 unspecified atom stereocenters. The fourth-order valence-corrected chi connectivity index (χ4v) is 2.38. The van der Waals surface area contributed by atoms with Crippen molar-refractivity contribution in [3.8, 4) is 10.7 Å². The zero-order valence-corrected chi connectivity index (χ0v) is 11.9. The molecule has 2 rings (SSSR count). The minimum absolute atomic E-state index is 0.875. The van der Waals surface area contributed by atoms with E-state index in [2.05, 4.69) is 43.4 Å². The molecule has 0 aliphatic heterocycles. The molecule has 2 heterocycles. The Kier molecular flexibility index (Phi) is 4.58. The van der Waals surface area contributed by atoms with Gasteiger partial charge in [-0.1, -0.05) is 18.3 Å². The van der Waals surface area contributed by atoms with Gasteiger partial charge in [0.15, 0.2) is 5.01 Å². The minimum atomic E-state index is 0.875. The Morgan fingerprint density at radius 3 is 2.94 bits per heavy atom. The van der Waals surface area contributed by atoms with Gasteiger partial charge in [0.05, 0.1) is 0 Å². The molecule has 90 valence electrons. The Morgan fingerprint density at radius 1 is 1.35 bits per heavy atom. The lowest BCUT2D eigenvalue weighted by molar-refractivity contribution is 0.710. The van der Waals surface area contributed by atoms with Crippen molar-refractivity contribution < 1.29 is 0 Å². The summed E-state index contributed by atoms with van der Waals surface area (Å²) in [5.41, 5.74) is 0.875. The second-order valence-corrected chi connectivity index (χ2v) is 5.44.